The number of fused-ring (bicyclic) bond motifs is 2. The second-order valence-corrected chi connectivity index (χ2v) is 9.05. The molecule has 1 amide bonds. The minimum Gasteiger partial charge on any atom is -0.369 e. The number of hydrogen-bond acceptors (Lipinski definition) is 4. The molecule has 1 saturated heterocycles. The molecule has 0 radical (unpaired) electrons. The van der Waals surface area contributed by atoms with Crippen LogP contribution in [0.1, 0.15) is 50.0 Å². The van der Waals surface area contributed by atoms with Crippen LogP contribution in [-0.2, 0) is 21.6 Å². The molecule has 2 N–H and O–H groups in total. The third kappa shape index (κ3) is 2.72. The van der Waals surface area contributed by atoms with Crippen molar-refractivity contribution in [2.24, 2.45) is 0 Å². The van der Waals surface area contributed by atoms with E-state index in [4.69, 9.17) is 16.3 Å². The van der Waals surface area contributed by atoms with Crippen molar-refractivity contribution in [2.45, 2.75) is 69.2 Å². The number of thiophene rings is 1. The van der Waals surface area contributed by atoms with Crippen LogP contribution in [0.4, 0.5) is 0 Å². The molecule has 2 aliphatic heterocycles. The number of carbonyl (C=O) groups excluding carboxylic acids is 1. The maximum Gasteiger partial charge on any atom is 0.217 e. The van der Waals surface area contributed by atoms with Gasteiger partial charge in [-0.1, -0.05) is 11.6 Å². The van der Waals surface area contributed by atoms with E-state index in [1.807, 2.05) is 0 Å². The predicted octanol–water partition coefficient (Wildman–Crippen LogP) is 2.98. The molecule has 1 aromatic rings. The van der Waals surface area contributed by atoms with Crippen molar-refractivity contribution < 1.29 is 9.53 Å². The molecule has 2 fully saturated rings. The SMILES string of the molecule is CC(=O)NC1(C2CC3(CC(C)N2)OCCc2cc(Cl)sc23)CC1. The van der Waals surface area contributed by atoms with Gasteiger partial charge >= 0.3 is 0 Å². The van der Waals surface area contributed by atoms with Gasteiger partial charge in [-0.15, -0.1) is 11.3 Å². The Morgan fingerprint density at radius 2 is 2.26 bits per heavy atom. The lowest BCUT2D eigenvalue weighted by atomic mass is 9.77. The van der Waals surface area contributed by atoms with E-state index in [0.29, 0.717) is 6.04 Å². The normalized spacial score (nSPS) is 34.9. The van der Waals surface area contributed by atoms with E-state index < -0.39 is 0 Å². The molecule has 23 heavy (non-hydrogen) atoms. The Morgan fingerprint density at radius 3 is 2.96 bits per heavy atom. The summed E-state index contributed by atoms with van der Waals surface area (Å²) in [7, 11) is 0. The molecule has 4 nitrogen and oxygen atoms in total. The number of carbonyl (C=O) groups is 1. The Labute approximate surface area is 145 Å². The average Bonchev–Trinajstić information content (AvgIpc) is 3.12. The quantitative estimate of drug-likeness (QED) is 0.858. The highest BCUT2D eigenvalue weighted by atomic mass is 35.5. The van der Waals surface area contributed by atoms with E-state index in [-0.39, 0.29) is 23.1 Å². The maximum atomic E-state index is 11.6. The average molecular weight is 355 g/mol. The van der Waals surface area contributed by atoms with Gasteiger partial charge in [0.2, 0.25) is 5.91 Å². The Bertz CT molecular complexity index is 643. The molecular weight excluding hydrogens is 332 g/mol. The molecule has 3 atom stereocenters. The van der Waals surface area contributed by atoms with Crippen LogP contribution in [0.15, 0.2) is 6.07 Å². The summed E-state index contributed by atoms with van der Waals surface area (Å²) in [6, 6.07) is 2.71. The Kier molecular flexibility index (Phi) is 3.76. The number of hydrogen-bond donors (Lipinski definition) is 2. The van der Waals surface area contributed by atoms with E-state index in [1.54, 1.807) is 18.3 Å². The van der Waals surface area contributed by atoms with Gasteiger partial charge in [0, 0.05) is 23.9 Å². The van der Waals surface area contributed by atoms with Crippen molar-refractivity contribution in [3.05, 3.63) is 20.8 Å². The highest BCUT2D eigenvalue weighted by Crippen LogP contribution is 2.51. The van der Waals surface area contributed by atoms with E-state index in [1.165, 1.54) is 10.4 Å². The monoisotopic (exact) mass is 354 g/mol. The third-order valence-corrected chi connectivity index (χ3v) is 6.97. The number of rotatable bonds is 2. The van der Waals surface area contributed by atoms with Gasteiger partial charge in [-0.05, 0) is 50.7 Å². The van der Waals surface area contributed by atoms with Crippen LogP contribution in [0.25, 0.3) is 0 Å². The van der Waals surface area contributed by atoms with Crippen molar-refractivity contribution >= 4 is 28.8 Å². The van der Waals surface area contributed by atoms with Crippen molar-refractivity contribution in [3.8, 4) is 0 Å². The first-order chi connectivity index (χ1) is 10.9. The zero-order valence-electron chi connectivity index (χ0n) is 13.6. The fraction of sp³-hybridized carbons (Fsp3) is 0.706. The molecule has 3 unspecified atom stereocenters. The van der Waals surface area contributed by atoms with Gasteiger partial charge in [0.25, 0.3) is 0 Å². The lowest BCUT2D eigenvalue weighted by molar-refractivity contribution is -0.122. The molecule has 126 valence electrons. The Balaban J connectivity index is 1.67. The standard InChI is InChI=1S/C17H23ClN2O2S/c1-10-8-17(15-12(3-6-22-17)7-14(18)23-15)9-13(19-10)16(4-5-16)20-11(2)21/h7,10,13,19H,3-6,8-9H2,1-2H3,(H,20,21). The summed E-state index contributed by atoms with van der Waals surface area (Å²) in [6.07, 6.45) is 4.91. The maximum absolute atomic E-state index is 11.6. The van der Waals surface area contributed by atoms with Crippen molar-refractivity contribution in [2.75, 3.05) is 6.61 Å². The molecule has 0 aromatic carbocycles. The second kappa shape index (κ2) is 5.45. The summed E-state index contributed by atoms with van der Waals surface area (Å²) in [5, 5.41) is 6.90. The summed E-state index contributed by atoms with van der Waals surface area (Å²) in [5.74, 6) is 0.0565. The fourth-order valence-corrected chi connectivity index (χ4v) is 5.92. The summed E-state index contributed by atoms with van der Waals surface area (Å²) < 4.78 is 7.23. The van der Waals surface area contributed by atoms with E-state index >= 15 is 0 Å². The van der Waals surface area contributed by atoms with E-state index in [2.05, 4.69) is 23.6 Å². The molecular formula is C17H23ClN2O2S. The van der Waals surface area contributed by atoms with Crippen LogP contribution in [-0.4, -0.2) is 30.1 Å². The zero-order chi connectivity index (χ0) is 16.2. The van der Waals surface area contributed by atoms with Crippen LogP contribution in [0, 0.1) is 0 Å². The van der Waals surface area contributed by atoms with Gasteiger partial charge in [-0.3, -0.25) is 4.79 Å². The minimum absolute atomic E-state index is 0.0565. The van der Waals surface area contributed by atoms with Gasteiger partial charge < -0.3 is 15.4 Å². The first-order valence-corrected chi connectivity index (χ1v) is 9.59. The molecule has 3 aliphatic rings. The molecule has 1 spiro atoms. The van der Waals surface area contributed by atoms with Gasteiger partial charge in [0.15, 0.2) is 0 Å². The first-order valence-electron chi connectivity index (χ1n) is 8.40. The molecule has 0 bridgehead atoms. The topological polar surface area (TPSA) is 50.4 Å². The van der Waals surface area contributed by atoms with Crippen LogP contribution in [0.3, 0.4) is 0 Å². The van der Waals surface area contributed by atoms with Gasteiger partial charge in [-0.25, -0.2) is 0 Å². The highest BCUT2D eigenvalue weighted by molar-refractivity contribution is 7.16. The second-order valence-electron chi connectivity index (χ2n) is 7.36. The minimum atomic E-state index is -0.241. The van der Waals surface area contributed by atoms with E-state index in [9.17, 15) is 4.79 Å². The predicted molar refractivity (Wildman–Crippen MR) is 92.1 cm³/mol. The Hall–Kier alpha value is -0.620. The summed E-state index contributed by atoms with van der Waals surface area (Å²) in [4.78, 5) is 12.9. The molecule has 4 rings (SSSR count). The number of nitrogens with one attached hydrogen (secondary N) is 2. The first kappa shape index (κ1) is 15.9. The molecule has 1 aliphatic carbocycles. The molecule has 6 heteroatoms. The molecule has 1 aromatic heterocycles. The number of halogens is 1. The summed E-state index contributed by atoms with van der Waals surface area (Å²) in [5.41, 5.74) is 1.02. The third-order valence-electron chi connectivity index (χ3n) is 5.48. The summed E-state index contributed by atoms with van der Waals surface area (Å²) in [6.45, 7) is 4.58. The van der Waals surface area contributed by atoms with Gasteiger partial charge in [0.05, 0.1) is 16.5 Å². The van der Waals surface area contributed by atoms with Gasteiger partial charge in [0.1, 0.15) is 5.60 Å². The zero-order valence-corrected chi connectivity index (χ0v) is 15.1. The van der Waals surface area contributed by atoms with Crippen molar-refractivity contribution in [1.82, 2.24) is 10.6 Å². The number of amides is 1. The van der Waals surface area contributed by atoms with Crippen LogP contribution >= 0.6 is 22.9 Å². The molecule has 1 saturated carbocycles. The number of ether oxygens (including phenoxy) is 1. The van der Waals surface area contributed by atoms with E-state index in [0.717, 1.165) is 43.0 Å². The van der Waals surface area contributed by atoms with Crippen molar-refractivity contribution in [1.29, 1.82) is 0 Å². The van der Waals surface area contributed by atoms with Crippen molar-refractivity contribution in [3.63, 3.8) is 0 Å². The van der Waals surface area contributed by atoms with Crippen LogP contribution in [0.2, 0.25) is 4.34 Å². The highest BCUT2D eigenvalue weighted by Gasteiger charge is 2.56. The van der Waals surface area contributed by atoms with Gasteiger partial charge in [-0.2, -0.15) is 0 Å². The largest absolute Gasteiger partial charge is 0.369 e. The smallest absolute Gasteiger partial charge is 0.217 e. The fourth-order valence-electron chi connectivity index (χ4n) is 4.46. The number of piperidine rings is 1. The Morgan fingerprint density at radius 1 is 1.48 bits per heavy atom. The summed E-state index contributed by atoms with van der Waals surface area (Å²) >= 11 is 7.96. The lowest BCUT2D eigenvalue weighted by Crippen LogP contribution is -2.61. The molecule has 3 heterocycles. The van der Waals surface area contributed by atoms with Crippen LogP contribution < -0.4 is 10.6 Å². The lowest BCUT2D eigenvalue weighted by Gasteiger charge is -2.48. The van der Waals surface area contributed by atoms with Crippen LogP contribution in [0.5, 0.6) is 0 Å².